The molecule has 0 saturated carbocycles. The first-order valence-electron chi connectivity index (χ1n) is 10.2. The van der Waals surface area contributed by atoms with E-state index in [1.165, 1.54) is 24.0 Å². The molecule has 0 bridgehead atoms. The molecule has 32 heavy (non-hydrogen) atoms. The number of fused-ring (bicyclic) bond motifs is 4. The summed E-state index contributed by atoms with van der Waals surface area (Å²) in [5, 5.41) is 0.802. The normalized spacial score (nSPS) is 12.2. The molecule has 2 aromatic heterocycles. The molecule has 2 heterocycles. The van der Waals surface area contributed by atoms with Crippen LogP contribution >= 0.6 is 11.3 Å². The standard InChI is InChI=1S/C25H22N2O4S/c1-29-15-7-4-13(5-8-15)19-18-10-6-14-12-16(30-2)9-11-17(14)22(18)27-24-20(19)21(26)23(32-24)25(28)31-3/h4-5,7-9,11-12H,6,10,26H2,1-3H3. The molecule has 0 amide bonds. The average molecular weight is 447 g/mol. The Morgan fingerprint density at radius 2 is 1.72 bits per heavy atom. The first-order chi connectivity index (χ1) is 15.5. The zero-order valence-electron chi connectivity index (χ0n) is 18.0. The molecular weight excluding hydrogens is 424 g/mol. The van der Waals surface area contributed by atoms with E-state index in [1.807, 2.05) is 30.3 Å². The topological polar surface area (TPSA) is 83.7 Å². The zero-order chi connectivity index (χ0) is 22.4. The molecule has 5 rings (SSSR count). The van der Waals surface area contributed by atoms with Crippen molar-refractivity contribution < 1.29 is 19.0 Å². The molecule has 0 unspecified atom stereocenters. The number of aryl methyl sites for hydroxylation is 1. The van der Waals surface area contributed by atoms with Gasteiger partial charge in [0.05, 0.1) is 32.7 Å². The molecule has 7 heteroatoms. The highest BCUT2D eigenvalue weighted by atomic mass is 32.1. The van der Waals surface area contributed by atoms with Gasteiger partial charge in [0.1, 0.15) is 21.2 Å². The summed E-state index contributed by atoms with van der Waals surface area (Å²) in [6.45, 7) is 0. The monoisotopic (exact) mass is 446 g/mol. The lowest BCUT2D eigenvalue weighted by Crippen LogP contribution is -2.08. The molecule has 0 fully saturated rings. The maximum atomic E-state index is 12.4. The Labute approximate surface area is 189 Å². The minimum atomic E-state index is -0.450. The number of hydrogen-bond donors (Lipinski definition) is 1. The van der Waals surface area contributed by atoms with Gasteiger partial charge in [0.25, 0.3) is 0 Å². The number of methoxy groups -OCH3 is 3. The van der Waals surface area contributed by atoms with E-state index in [1.54, 1.807) is 14.2 Å². The van der Waals surface area contributed by atoms with Crippen LogP contribution in [0.3, 0.4) is 0 Å². The lowest BCUT2D eigenvalue weighted by atomic mass is 9.83. The number of anilines is 1. The van der Waals surface area contributed by atoms with Gasteiger partial charge >= 0.3 is 5.97 Å². The maximum absolute atomic E-state index is 12.4. The van der Waals surface area contributed by atoms with Gasteiger partial charge in [-0.2, -0.15) is 0 Å². The third-order valence-electron chi connectivity index (χ3n) is 5.94. The largest absolute Gasteiger partial charge is 0.497 e. The van der Waals surface area contributed by atoms with Crippen LogP contribution in [0, 0.1) is 0 Å². The van der Waals surface area contributed by atoms with Gasteiger partial charge in [0, 0.05) is 10.9 Å². The summed E-state index contributed by atoms with van der Waals surface area (Å²) in [5.41, 5.74) is 13.3. The third-order valence-corrected chi connectivity index (χ3v) is 7.02. The predicted molar refractivity (Wildman–Crippen MR) is 127 cm³/mol. The van der Waals surface area contributed by atoms with Gasteiger partial charge in [-0.15, -0.1) is 11.3 Å². The third kappa shape index (κ3) is 3.08. The summed E-state index contributed by atoms with van der Waals surface area (Å²) in [6.07, 6.45) is 1.67. The molecule has 6 nitrogen and oxygen atoms in total. The number of esters is 1. The lowest BCUT2D eigenvalue weighted by Gasteiger charge is -2.23. The molecular formula is C25H22N2O4S. The van der Waals surface area contributed by atoms with Crippen LogP contribution in [0.25, 0.3) is 32.6 Å². The number of carbonyl (C=O) groups is 1. The molecule has 2 aromatic carbocycles. The summed E-state index contributed by atoms with van der Waals surface area (Å²) < 4.78 is 15.7. The van der Waals surface area contributed by atoms with Crippen LogP contribution in [0.5, 0.6) is 11.5 Å². The SMILES string of the molecule is COC(=O)c1sc2nc3c(c(-c4ccc(OC)cc4)c2c1N)CCc1cc(OC)ccc1-3. The van der Waals surface area contributed by atoms with Crippen LogP contribution in [-0.2, 0) is 17.6 Å². The number of nitrogens with zero attached hydrogens (tertiary/aromatic N) is 1. The van der Waals surface area contributed by atoms with Gasteiger partial charge < -0.3 is 19.9 Å². The number of nitrogen functional groups attached to an aromatic ring is 1. The Morgan fingerprint density at radius 1 is 1.00 bits per heavy atom. The maximum Gasteiger partial charge on any atom is 0.350 e. The van der Waals surface area contributed by atoms with E-state index >= 15 is 0 Å². The van der Waals surface area contributed by atoms with Crippen LogP contribution < -0.4 is 15.2 Å². The van der Waals surface area contributed by atoms with Gasteiger partial charge in [0.15, 0.2) is 0 Å². The quantitative estimate of drug-likeness (QED) is 0.438. The fourth-order valence-electron chi connectivity index (χ4n) is 4.37. The van der Waals surface area contributed by atoms with Crippen LogP contribution in [0.4, 0.5) is 5.69 Å². The van der Waals surface area contributed by atoms with Gasteiger partial charge in [-0.25, -0.2) is 9.78 Å². The van der Waals surface area contributed by atoms with Crippen molar-refractivity contribution in [3.63, 3.8) is 0 Å². The van der Waals surface area contributed by atoms with Crippen molar-refractivity contribution in [1.82, 2.24) is 4.98 Å². The molecule has 0 saturated heterocycles. The van der Waals surface area contributed by atoms with Crippen molar-refractivity contribution in [3.05, 3.63) is 58.5 Å². The van der Waals surface area contributed by atoms with E-state index in [0.717, 1.165) is 62.5 Å². The number of carbonyl (C=O) groups excluding carboxylic acids is 1. The van der Waals surface area contributed by atoms with Crippen molar-refractivity contribution >= 4 is 33.2 Å². The number of pyridine rings is 1. The van der Waals surface area contributed by atoms with Crippen LogP contribution in [0.1, 0.15) is 20.8 Å². The minimum Gasteiger partial charge on any atom is -0.497 e. The Kier molecular flexibility index (Phi) is 4.98. The van der Waals surface area contributed by atoms with Crippen LogP contribution in [0.2, 0.25) is 0 Å². The highest BCUT2D eigenvalue weighted by Crippen LogP contribution is 2.47. The summed E-state index contributed by atoms with van der Waals surface area (Å²) in [5.74, 6) is 1.16. The summed E-state index contributed by atoms with van der Waals surface area (Å²) in [7, 11) is 4.68. The van der Waals surface area contributed by atoms with Crippen molar-refractivity contribution in [3.8, 4) is 33.9 Å². The van der Waals surface area contributed by atoms with Gasteiger partial charge in [-0.05, 0) is 65.4 Å². The smallest absolute Gasteiger partial charge is 0.350 e. The predicted octanol–water partition coefficient (Wildman–Crippen LogP) is 5.11. The van der Waals surface area contributed by atoms with Gasteiger partial charge in [-0.3, -0.25) is 0 Å². The second kappa shape index (κ2) is 7.84. The van der Waals surface area contributed by atoms with Gasteiger partial charge in [0.2, 0.25) is 0 Å². The molecule has 162 valence electrons. The lowest BCUT2D eigenvalue weighted by molar-refractivity contribution is 0.0607. The van der Waals surface area contributed by atoms with Crippen LogP contribution in [-0.4, -0.2) is 32.3 Å². The molecule has 1 aliphatic carbocycles. The Hall–Kier alpha value is -3.58. The molecule has 2 N–H and O–H groups in total. The molecule has 1 aliphatic rings. The Balaban J connectivity index is 1.84. The summed E-state index contributed by atoms with van der Waals surface area (Å²) in [4.78, 5) is 18.5. The molecule has 4 aromatic rings. The number of nitrogens with two attached hydrogens (primary N) is 1. The van der Waals surface area contributed by atoms with E-state index in [9.17, 15) is 4.79 Å². The second-order valence-electron chi connectivity index (χ2n) is 7.58. The van der Waals surface area contributed by atoms with E-state index in [4.69, 9.17) is 24.9 Å². The van der Waals surface area contributed by atoms with Crippen molar-refractivity contribution in [1.29, 1.82) is 0 Å². The number of benzene rings is 2. The highest BCUT2D eigenvalue weighted by molar-refractivity contribution is 7.21. The van der Waals surface area contributed by atoms with E-state index in [2.05, 4.69) is 12.1 Å². The van der Waals surface area contributed by atoms with Crippen molar-refractivity contribution in [2.24, 2.45) is 0 Å². The second-order valence-corrected chi connectivity index (χ2v) is 8.58. The first-order valence-corrected chi connectivity index (χ1v) is 11.0. The first kappa shape index (κ1) is 20.3. The highest BCUT2D eigenvalue weighted by Gasteiger charge is 2.28. The zero-order valence-corrected chi connectivity index (χ0v) is 18.8. The van der Waals surface area contributed by atoms with E-state index in [0.29, 0.717) is 10.6 Å². The Bertz CT molecular complexity index is 1360. The van der Waals surface area contributed by atoms with Crippen molar-refractivity contribution in [2.75, 3.05) is 27.1 Å². The number of aromatic nitrogens is 1. The fraction of sp³-hybridized carbons (Fsp3) is 0.200. The van der Waals surface area contributed by atoms with E-state index < -0.39 is 5.97 Å². The number of thiophene rings is 1. The molecule has 0 spiro atoms. The summed E-state index contributed by atoms with van der Waals surface area (Å²) >= 11 is 1.27. The molecule has 0 aliphatic heterocycles. The van der Waals surface area contributed by atoms with Crippen LogP contribution in [0.15, 0.2) is 42.5 Å². The summed E-state index contributed by atoms with van der Waals surface area (Å²) in [6, 6.07) is 14.0. The fourth-order valence-corrected chi connectivity index (χ4v) is 5.39. The van der Waals surface area contributed by atoms with Gasteiger partial charge in [-0.1, -0.05) is 12.1 Å². The number of hydrogen-bond acceptors (Lipinski definition) is 7. The number of ether oxygens (including phenoxy) is 3. The van der Waals surface area contributed by atoms with E-state index in [-0.39, 0.29) is 0 Å². The van der Waals surface area contributed by atoms with Crippen molar-refractivity contribution in [2.45, 2.75) is 12.8 Å². The molecule has 0 radical (unpaired) electrons. The Morgan fingerprint density at radius 3 is 2.41 bits per heavy atom. The molecule has 0 atom stereocenters. The number of rotatable bonds is 4. The minimum absolute atomic E-state index is 0.377. The average Bonchev–Trinajstić information content (AvgIpc) is 3.17.